The van der Waals surface area contributed by atoms with Gasteiger partial charge in [0.05, 0.1) is 0 Å². The van der Waals surface area contributed by atoms with Crippen molar-refractivity contribution in [3.05, 3.63) is 69.7 Å². The van der Waals surface area contributed by atoms with Crippen molar-refractivity contribution in [3.8, 4) is 0 Å². The van der Waals surface area contributed by atoms with Gasteiger partial charge in [0, 0.05) is 22.5 Å². The van der Waals surface area contributed by atoms with E-state index in [0.29, 0.717) is 17.1 Å². The molecule has 104 valence electrons. The maximum atomic E-state index is 12.1. The van der Waals surface area contributed by atoms with Gasteiger partial charge in [0.15, 0.2) is 0 Å². The topological polar surface area (TPSA) is 29.1 Å². The molecule has 0 spiro atoms. The highest BCUT2D eigenvalue weighted by Crippen LogP contribution is 2.16. The molecule has 0 aliphatic carbocycles. The Hall–Kier alpha value is -1.32. The molecule has 2 aromatic carbocycles. The van der Waals surface area contributed by atoms with E-state index in [1.165, 1.54) is 5.56 Å². The van der Waals surface area contributed by atoms with Crippen molar-refractivity contribution in [3.63, 3.8) is 0 Å². The largest absolute Gasteiger partial charge is 0.348 e. The number of hydrogen-bond acceptors (Lipinski definition) is 1. The second-order valence-electron chi connectivity index (χ2n) is 4.60. The lowest BCUT2D eigenvalue weighted by molar-refractivity contribution is 0.0951. The highest BCUT2D eigenvalue weighted by Gasteiger charge is 2.07. The third-order valence-electron chi connectivity index (χ3n) is 3.02. The van der Waals surface area contributed by atoms with E-state index in [1.807, 2.05) is 25.1 Å². The van der Waals surface area contributed by atoms with E-state index in [2.05, 4.69) is 27.3 Å². The summed E-state index contributed by atoms with van der Waals surface area (Å²) in [6.45, 7) is 2.40. The Labute approximate surface area is 132 Å². The van der Waals surface area contributed by atoms with Crippen LogP contribution in [0.15, 0.2) is 42.5 Å². The molecule has 2 nitrogen and oxygen atoms in total. The molecule has 0 saturated carbocycles. The summed E-state index contributed by atoms with van der Waals surface area (Å²) in [5.74, 6) is -0.0889. The first-order valence-electron chi connectivity index (χ1n) is 6.28. The first kappa shape index (κ1) is 15.1. The predicted molar refractivity (Wildman–Crippen MR) is 86.4 cm³/mol. The zero-order valence-corrected chi connectivity index (χ0v) is 13.5. The fourth-order valence-electron chi connectivity index (χ4n) is 1.89. The van der Waals surface area contributed by atoms with E-state index < -0.39 is 0 Å². The summed E-state index contributed by atoms with van der Waals surface area (Å²) in [6, 6.07) is 13.4. The number of benzene rings is 2. The van der Waals surface area contributed by atoms with Crippen LogP contribution in [-0.4, -0.2) is 5.91 Å². The van der Waals surface area contributed by atoms with Crippen LogP contribution in [-0.2, 0) is 11.9 Å². The van der Waals surface area contributed by atoms with Crippen LogP contribution < -0.4 is 5.32 Å². The minimum absolute atomic E-state index is 0.0889. The SMILES string of the molecule is Cc1cc(C(=O)NCc2cccc(CBr)c2)ccc1Cl. The molecule has 0 aliphatic heterocycles. The van der Waals surface area contributed by atoms with Gasteiger partial charge >= 0.3 is 0 Å². The Morgan fingerprint density at radius 1 is 1.20 bits per heavy atom. The van der Waals surface area contributed by atoms with Crippen LogP contribution in [0.3, 0.4) is 0 Å². The Bertz CT molecular complexity index is 628. The molecule has 0 fully saturated rings. The smallest absolute Gasteiger partial charge is 0.251 e. The van der Waals surface area contributed by atoms with Gasteiger partial charge in [-0.15, -0.1) is 0 Å². The van der Waals surface area contributed by atoms with E-state index in [4.69, 9.17) is 11.6 Å². The van der Waals surface area contributed by atoms with Gasteiger partial charge in [-0.3, -0.25) is 4.79 Å². The van der Waals surface area contributed by atoms with E-state index in [0.717, 1.165) is 16.5 Å². The molecule has 0 radical (unpaired) electrons. The maximum Gasteiger partial charge on any atom is 0.251 e. The van der Waals surface area contributed by atoms with Crippen LogP contribution in [0.4, 0.5) is 0 Å². The van der Waals surface area contributed by atoms with Gasteiger partial charge in [-0.1, -0.05) is 51.8 Å². The van der Waals surface area contributed by atoms with Crippen molar-refractivity contribution in [2.24, 2.45) is 0 Å². The van der Waals surface area contributed by atoms with Crippen LogP contribution >= 0.6 is 27.5 Å². The average molecular weight is 353 g/mol. The molecule has 1 N–H and O–H groups in total. The third kappa shape index (κ3) is 3.84. The van der Waals surface area contributed by atoms with Gasteiger partial charge < -0.3 is 5.32 Å². The van der Waals surface area contributed by atoms with Gasteiger partial charge in [0.2, 0.25) is 0 Å². The van der Waals surface area contributed by atoms with Gasteiger partial charge in [-0.2, -0.15) is 0 Å². The quantitative estimate of drug-likeness (QED) is 0.808. The van der Waals surface area contributed by atoms with Gasteiger partial charge in [-0.05, 0) is 41.8 Å². The molecular formula is C16H15BrClNO. The summed E-state index contributed by atoms with van der Waals surface area (Å²) in [5.41, 5.74) is 3.81. The van der Waals surface area contributed by atoms with E-state index in [9.17, 15) is 4.79 Å². The van der Waals surface area contributed by atoms with Crippen molar-refractivity contribution in [2.45, 2.75) is 18.8 Å². The molecule has 4 heteroatoms. The molecule has 0 aromatic heterocycles. The summed E-state index contributed by atoms with van der Waals surface area (Å²) in [6.07, 6.45) is 0. The molecule has 0 bridgehead atoms. The lowest BCUT2D eigenvalue weighted by atomic mass is 10.1. The van der Waals surface area contributed by atoms with Crippen molar-refractivity contribution in [1.29, 1.82) is 0 Å². The average Bonchev–Trinajstić information content (AvgIpc) is 2.47. The Kier molecular flexibility index (Phi) is 5.21. The van der Waals surface area contributed by atoms with Crippen LogP contribution in [0.2, 0.25) is 5.02 Å². The molecule has 0 heterocycles. The van der Waals surface area contributed by atoms with Crippen LogP contribution in [0.5, 0.6) is 0 Å². The molecule has 20 heavy (non-hydrogen) atoms. The maximum absolute atomic E-state index is 12.1. The second kappa shape index (κ2) is 6.91. The normalized spacial score (nSPS) is 10.3. The van der Waals surface area contributed by atoms with Gasteiger partial charge in [0.1, 0.15) is 0 Å². The third-order valence-corrected chi connectivity index (χ3v) is 4.09. The van der Waals surface area contributed by atoms with Gasteiger partial charge in [0.25, 0.3) is 5.91 Å². The number of rotatable bonds is 4. The summed E-state index contributed by atoms with van der Waals surface area (Å²) in [7, 11) is 0. The molecule has 2 rings (SSSR count). The van der Waals surface area contributed by atoms with Crippen molar-refractivity contribution >= 4 is 33.4 Å². The molecule has 2 aromatic rings. The number of nitrogens with one attached hydrogen (secondary N) is 1. The van der Waals surface area contributed by atoms with Gasteiger partial charge in [-0.25, -0.2) is 0 Å². The number of carbonyl (C=O) groups excluding carboxylic acids is 1. The molecule has 0 unspecified atom stereocenters. The zero-order chi connectivity index (χ0) is 14.5. The summed E-state index contributed by atoms with van der Waals surface area (Å²) >= 11 is 9.38. The van der Waals surface area contributed by atoms with E-state index in [1.54, 1.807) is 18.2 Å². The van der Waals surface area contributed by atoms with E-state index >= 15 is 0 Å². The Morgan fingerprint density at radius 2 is 1.95 bits per heavy atom. The van der Waals surface area contributed by atoms with Crippen LogP contribution in [0, 0.1) is 6.92 Å². The molecular weight excluding hydrogens is 338 g/mol. The zero-order valence-electron chi connectivity index (χ0n) is 11.1. The van der Waals surface area contributed by atoms with Crippen molar-refractivity contribution in [2.75, 3.05) is 0 Å². The Morgan fingerprint density at radius 3 is 2.65 bits per heavy atom. The minimum Gasteiger partial charge on any atom is -0.348 e. The first-order chi connectivity index (χ1) is 9.60. The van der Waals surface area contributed by atoms with Crippen molar-refractivity contribution in [1.82, 2.24) is 5.32 Å². The first-order valence-corrected chi connectivity index (χ1v) is 7.78. The number of alkyl halides is 1. The summed E-state index contributed by atoms with van der Waals surface area (Å²) < 4.78 is 0. The predicted octanol–water partition coefficient (Wildman–Crippen LogP) is 4.47. The Balaban J connectivity index is 2.02. The van der Waals surface area contributed by atoms with E-state index in [-0.39, 0.29) is 5.91 Å². The number of amides is 1. The number of hydrogen-bond donors (Lipinski definition) is 1. The molecule has 0 atom stereocenters. The van der Waals surface area contributed by atoms with Crippen LogP contribution in [0.25, 0.3) is 0 Å². The molecule has 0 saturated heterocycles. The minimum atomic E-state index is -0.0889. The number of carbonyl (C=O) groups is 1. The summed E-state index contributed by atoms with van der Waals surface area (Å²) in [4.78, 5) is 12.1. The fourth-order valence-corrected chi connectivity index (χ4v) is 2.36. The molecule has 0 aliphatic rings. The highest BCUT2D eigenvalue weighted by molar-refractivity contribution is 9.08. The fraction of sp³-hybridized carbons (Fsp3) is 0.188. The molecule has 1 amide bonds. The second-order valence-corrected chi connectivity index (χ2v) is 5.57. The highest BCUT2D eigenvalue weighted by atomic mass is 79.9. The number of aryl methyl sites for hydroxylation is 1. The van der Waals surface area contributed by atoms with Crippen LogP contribution in [0.1, 0.15) is 27.0 Å². The lowest BCUT2D eigenvalue weighted by Crippen LogP contribution is -2.22. The summed E-state index contributed by atoms with van der Waals surface area (Å²) in [5, 5.41) is 4.40. The number of halogens is 2. The monoisotopic (exact) mass is 351 g/mol. The standard InChI is InChI=1S/C16H15BrClNO/c1-11-7-14(5-6-15(11)18)16(20)19-10-13-4-2-3-12(8-13)9-17/h2-8H,9-10H2,1H3,(H,19,20). The lowest BCUT2D eigenvalue weighted by Gasteiger charge is -2.07. The van der Waals surface area contributed by atoms with Crippen molar-refractivity contribution < 1.29 is 4.79 Å².